The van der Waals surface area contributed by atoms with Crippen LogP contribution in [0.1, 0.15) is 20.3 Å². The molecule has 13 heavy (non-hydrogen) atoms. The lowest BCUT2D eigenvalue weighted by molar-refractivity contribution is 0.779. The molecule has 3 heteroatoms. The molecule has 0 bridgehead atoms. The SMILES string of the molecule is CCCN(CC)c1cccc(Cl)n1. The van der Waals surface area contributed by atoms with Crippen LogP contribution in [-0.2, 0) is 0 Å². The van der Waals surface area contributed by atoms with E-state index in [2.05, 4.69) is 23.7 Å². The molecule has 0 fully saturated rings. The molecule has 1 heterocycles. The number of aromatic nitrogens is 1. The van der Waals surface area contributed by atoms with E-state index in [1.54, 1.807) is 6.07 Å². The summed E-state index contributed by atoms with van der Waals surface area (Å²) in [5.41, 5.74) is 0. The van der Waals surface area contributed by atoms with Crippen molar-refractivity contribution in [2.24, 2.45) is 0 Å². The fraction of sp³-hybridized carbons (Fsp3) is 0.500. The van der Waals surface area contributed by atoms with Crippen LogP contribution in [0, 0.1) is 0 Å². The van der Waals surface area contributed by atoms with Crippen molar-refractivity contribution in [1.82, 2.24) is 4.98 Å². The summed E-state index contributed by atoms with van der Waals surface area (Å²) in [6.45, 7) is 6.29. The third-order valence-corrected chi connectivity index (χ3v) is 2.11. The Labute approximate surface area is 84.5 Å². The second kappa shape index (κ2) is 5.07. The summed E-state index contributed by atoms with van der Waals surface area (Å²) in [7, 11) is 0. The van der Waals surface area contributed by atoms with Crippen molar-refractivity contribution in [2.45, 2.75) is 20.3 Å². The van der Waals surface area contributed by atoms with Crippen molar-refractivity contribution in [3.05, 3.63) is 23.4 Å². The van der Waals surface area contributed by atoms with E-state index in [0.29, 0.717) is 5.15 Å². The van der Waals surface area contributed by atoms with Crippen molar-refractivity contribution in [3.8, 4) is 0 Å². The number of rotatable bonds is 4. The fourth-order valence-electron chi connectivity index (χ4n) is 1.28. The van der Waals surface area contributed by atoms with Gasteiger partial charge < -0.3 is 4.90 Å². The second-order valence-corrected chi connectivity index (χ2v) is 3.29. The number of anilines is 1. The normalized spacial score (nSPS) is 10.1. The van der Waals surface area contributed by atoms with E-state index in [4.69, 9.17) is 11.6 Å². The Morgan fingerprint density at radius 1 is 1.38 bits per heavy atom. The Morgan fingerprint density at radius 3 is 2.69 bits per heavy atom. The maximum absolute atomic E-state index is 5.81. The minimum absolute atomic E-state index is 0.562. The lowest BCUT2D eigenvalue weighted by Gasteiger charge is -2.20. The molecule has 0 radical (unpaired) electrons. The fourth-order valence-corrected chi connectivity index (χ4v) is 1.44. The molecule has 1 aromatic rings. The van der Waals surface area contributed by atoms with E-state index in [-0.39, 0.29) is 0 Å². The first kappa shape index (κ1) is 10.3. The first-order chi connectivity index (χ1) is 6.27. The summed E-state index contributed by atoms with van der Waals surface area (Å²) in [6.07, 6.45) is 1.13. The van der Waals surface area contributed by atoms with Gasteiger partial charge in [0.1, 0.15) is 11.0 Å². The van der Waals surface area contributed by atoms with Gasteiger partial charge in [0.2, 0.25) is 0 Å². The predicted octanol–water partition coefficient (Wildman–Crippen LogP) is 2.97. The summed E-state index contributed by atoms with van der Waals surface area (Å²) in [4.78, 5) is 6.47. The monoisotopic (exact) mass is 198 g/mol. The number of hydrogen-bond acceptors (Lipinski definition) is 2. The smallest absolute Gasteiger partial charge is 0.131 e. The standard InChI is InChI=1S/C10H15ClN2/c1-3-8-13(4-2)10-7-5-6-9(11)12-10/h5-7H,3-4,8H2,1-2H3. The zero-order valence-corrected chi connectivity index (χ0v) is 8.88. The topological polar surface area (TPSA) is 16.1 Å². The molecular weight excluding hydrogens is 184 g/mol. The first-order valence-electron chi connectivity index (χ1n) is 4.65. The van der Waals surface area contributed by atoms with Gasteiger partial charge in [0.15, 0.2) is 0 Å². The van der Waals surface area contributed by atoms with Gasteiger partial charge in [-0.1, -0.05) is 24.6 Å². The minimum atomic E-state index is 0.562. The Hall–Kier alpha value is -0.760. The van der Waals surface area contributed by atoms with Gasteiger partial charge in [0.05, 0.1) is 0 Å². The van der Waals surface area contributed by atoms with Gasteiger partial charge in [-0.05, 0) is 25.5 Å². The van der Waals surface area contributed by atoms with Crippen molar-refractivity contribution >= 4 is 17.4 Å². The van der Waals surface area contributed by atoms with E-state index < -0.39 is 0 Å². The highest BCUT2D eigenvalue weighted by atomic mass is 35.5. The van der Waals surface area contributed by atoms with E-state index in [1.165, 1.54) is 0 Å². The summed E-state index contributed by atoms with van der Waals surface area (Å²) < 4.78 is 0. The van der Waals surface area contributed by atoms with Crippen LogP contribution in [0.4, 0.5) is 5.82 Å². The molecule has 0 aliphatic heterocycles. The maximum atomic E-state index is 5.81. The van der Waals surface area contributed by atoms with Crippen LogP contribution >= 0.6 is 11.6 Å². The van der Waals surface area contributed by atoms with Crippen molar-refractivity contribution < 1.29 is 0 Å². The van der Waals surface area contributed by atoms with E-state index >= 15 is 0 Å². The van der Waals surface area contributed by atoms with Crippen molar-refractivity contribution in [2.75, 3.05) is 18.0 Å². The number of nitrogens with zero attached hydrogens (tertiary/aromatic N) is 2. The van der Waals surface area contributed by atoms with Gasteiger partial charge in [0.25, 0.3) is 0 Å². The van der Waals surface area contributed by atoms with Gasteiger partial charge in [0, 0.05) is 13.1 Å². The molecule has 0 aliphatic carbocycles. The number of pyridine rings is 1. The zero-order chi connectivity index (χ0) is 9.68. The predicted molar refractivity (Wildman–Crippen MR) is 57.4 cm³/mol. The van der Waals surface area contributed by atoms with Gasteiger partial charge in [-0.2, -0.15) is 0 Å². The molecule has 0 saturated carbocycles. The lowest BCUT2D eigenvalue weighted by Crippen LogP contribution is -2.24. The van der Waals surface area contributed by atoms with Crippen LogP contribution in [0.3, 0.4) is 0 Å². The molecule has 1 rings (SSSR count). The van der Waals surface area contributed by atoms with Gasteiger partial charge >= 0.3 is 0 Å². The highest BCUT2D eigenvalue weighted by molar-refractivity contribution is 6.29. The molecule has 0 atom stereocenters. The molecular formula is C10H15ClN2. The van der Waals surface area contributed by atoms with Crippen LogP contribution in [0.25, 0.3) is 0 Å². The Morgan fingerprint density at radius 2 is 2.15 bits per heavy atom. The Kier molecular flexibility index (Phi) is 4.03. The minimum Gasteiger partial charge on any atom is -0.357 e. The van der Waals surface area contributed by atoms with Gasteiger partial charge in [-0.15, -0.1) is 0 Å². The van der Waals surface area contributed by atoms with Crippen LogP contribution < -0.4 is 4.90 Å². The summed E-state index contributed by atoms with van der Waals surface area (Å²) >= 11 is 5.81. The third-order valence-electron chi connectivity index (χ3n) is 1.90. The van der Waals surface area contributed by atoms with Gasteiger partial charge in [-0.25, -0.2) is 4.98 Å². The number of halogens is 1. The van der Waals surface area contributed by atoms with Gasteiger partial charge in [-0.3, -0.25) is 0 Å². The highest BCUT2D eigenvalue weighted by Gasteiger charge is 2.03. The molecule has 0 N–H and O–H groups in total. The molecule has 0 aliphatic rings. The Balaban J connectivity index is 2.78. The Bertz CT molecular complexity index is 263. The van der Waals surface area contributed by atoms with Crippen LogP contribution in [0.2, 0.25) is 5.15 Å². The van der Waals surface area contributed by atoms with E-state index in [9.17, 15) is 0 Å². The lowest BCUT2D eigenvalue weighted by atomic mass is 10.3. The number of hydrogen-bond donors (Lipinski definition) is 0. The van der Waals surface area contributed by atoms with Crippen LogP contribution in [0.5, 0.6) is 0 Å². The summed E-state index contributed by atoms with van der Waals surface area (Å²) in [5, 5.41) is 0.562. The molecule has 1 aromatic heterocycles. The summed E-state index contributed by atoms with van der Waals surface area (Å²) in [5.74, 6) is 0.969. The average molecular weight is 199 g/mol. The quantitative estimate of drug-likeness (QED) is 0.692. The zero-order valence-electron chi connectivity index (χ0n) is 8.13. The van der Waals surface area contributed by atoms with Crippen molar-refractivity contribution in [1.29, 1.82) is 0 Å². The molecule has 72 valence electrons. The van der Waals surface area contributed by atoms with E-state index in [1.807, 2.05) is 12.1 Å². The third kappa shape index (κ3) is 2.88. The maximum Gasteiger partial charge on any atom is 0.131 e. The van der Waals surface area contributed by atoms with Crippen molar-refractivity contribution in [3.63, 3.8) is 0 Å². The summed E-state index contributed by atoms with van der Waals surface area (Å²) in [6, 6.07) is 5.72. The molecule has 0 saturated heterocycles. The average Bonchev–Trinajstić information content (AvgIpc) is 2.14. The first-order valence-corrected chi connectivity index (χ1v) is 5.03. The largest absolute Gasteiger partial charge is 0.357 e. The second-order valence-electron chi connectivity index (χ2n) is 2.90. The molecule has 0 unspecified atom stereocenters. The van der Waals surface area contributed by atoms with E-state index in [0.717, 1.165) is 25.3 Å². The van der Waals surface area contributed by atoms with Crippen LogP contribution in [-0.4, -0.2) is 18.1 Å². The molecule has 2 nitrogen and oxygen atoms in total. The highest BCUT2D eigenvalue weighted by Crippen LogP contribution is 2.14. The molecule has 0 amide bonds. The molecule has 0 spiro atoms. The molecule has 0 aromatic carbocycles. The van der Waals surface area contributed by atoms with Crippen LogP contribution in [0.15, 0.2) is 18.2 Å².